The van der Waals surface area contributed by atoms with Crippen molar-refractivity contribution in [2.24, 2.45) is 45.3 Å². The van der Waals surface area contributed by atoms with Gasteiger partial charge in [0, 0.05) is 12.8 Å². The van der Waals surface area contributed by atoms with Crippen LogP contribution in [-0.2, 0) is 14.3 Å². The highest BCUT2D eigenvalue weighted by atomic mass is 16.5. The molecule has 0 spiro atoms. The lowest BCUT2D eigenvalue weighted by Gasteiger charge is -2.71. The van der Waals surface area contributed by atoms with Crippen LogP contribution in [0.25, 0.3) is 0 Å². The highest BCUT2D eigenvalue weighted by Crippen LogP contribution is 2.76. The molecule has 0 amide bonds. The van der Waals surface area contributed by atoms with Gasteiger partial charge in [0.25, 0.3) is 0 Å². The van der Waals surface area contributed by atoms with Crippen molar-refractivity contribution in [3.05, 3.63) is 0 Å². The molecule has 11 atom stereocenters. The van der Waals surface area contributed by atoms with Gasteiger partial charge < -0.3 is 19.7 Å². The third kappa shape index (κ3) is 3.83. The van der Waals surface area contributed by atoms with E-state index in [0.29, 0.717) is 17.8 Å². The molecule has 4 saturated carbocycles. The first kappa shape index (κ1) is 27.9. The predicted molar refractivity (Wildman–Crippen MR) is 145 cm³/mol. The van der Waals surface area contributed by atoms with Crippen molar-refractivity contribution in [2.45, 2.75) is 150 Å². The minimum Gasteiger partial charge on any atom is -0.462 e. The number of carbonyl (C=O) groups is 1. The standard InChI is InChI=1S/C32H54O5/c1-19(33)36-22-18-21-20(32(9)17-13-25(37-32)28(4,5)35)10-15-30(21,7)31(8)16-11-23-27(2,3)24(34)12-14-29(23,6)26(22)31/h20-26,34-35H,10-18H2,1-9H3/t20-,21+,22+,23-,24+,25+,26+,29-,30+,31+,32-/m0/s1. The van der Waals surface area contributed by atoms with E-state index >= 15 is 0 Å². The Balaban J connectivity index is 1.54. The fourth-order valence-corrected chi connectivity index (χ4v) is 11.4. The van der Waals surface area contributed by atoms with E-state index in [4.69, 9.17) is 9.47 Å². The molecule has 2 N–H and O–H groups in total. The van der Waals surface area contributed by atoms with Gasteiger partial charge >= 0.3 is 5.97 Å². The molecule has 1 heterocycles. The Hall–Kier alpha value is -0.650. The van der Waals surface area contributed by atoms with Gasteiger partial charge in [-0.1, -0.05) is 34.6 Å². The molecule has 0 unspecified atom stereocenters. The van der Waals surface area contributed by atoms with Crippen LogP contribution in [0.1, 0.15) is 120 Å². The van der Waals surface area contributed by atoms with Crippen molar-refractivity contribution in [2.75, 3.05) is 0 Å². The number of aliphatic hydroxyl groups is 2. The van der Waals surface area contributed by atoms with E-state index in [9.17, 15) is 15.0 Å². The van der Waals surface area contributed by atoms with Gasteiger partial charge in [0.2, 0.25) is 0 Å². The van der Waals surface area contributed by atoms with Crippen LogP contribution < -0.4 is 0 Å². The van der Waals surface area contributed by atoms with Crippen LogP contribution in [0, 0.1) is 45.3 Å². The first-order valence-electron chi connectivity index (χ1n) is 15.2. The van der Waals surface area contributed by atoms with Gasteiger partial charge in [0.05, 0.1) is 23.4 Å². The monoisotopic (exact) mass is 518 g/mol. The van der Waals surface area contributed by atoms with Crippen molar-refractivity contribution in [1.82, 2.24) is 0 Å². The van der Waals surface area contributed by atoms with E-state index in [2.05, 4.69) is 41.5 Å². The Kier molecular flexibility index (Phi) is 6.35. The molecule has 1 aliphatic heterocycles. The topological polar surface area (TPSA) is 76.0 Å². The van der Waals surface area contributed by atoms with Gasteiger partial charge in [-0.05, 0) is 118 Å². The average Bonchev–Trinajstić information content (AvgIpc) is 3.33. The van der Waals surface area contributed by atoms with E-state index < -0.39 is 5.60 Å². The summed E-state index contributed by atoms with van der Waals surface area (Å²) >= 11 is 0. The summed E-state index contributed by atoms with van der Waals surface area (Å²) in [5.41, 5.74) is -1.00. The highest BCUT2D eigenvalue weighted by molar-refractivity contribution is 5.66. The fourth-order valence-electron chi connectivity index (χ4n) is 11.4. The summed E-state index contributed by atoms with van der Waals surface area (Å²) in [4.78, 5) is 12.5. The molecule has 5 heteroatoms. The van der Waals surface area contributed by atoms with Crippen molar-refractivity contribution < 1.29 is 24.5 Å². The van der Waals surface area contributed by atoms with Crippen LogP contribution >= 0.6 is 0 Å². The summed E-state index contributed by atoms with van der Waals surface area (Å²) in [5, 5.41) is 21.7. The summed E-state index contributed by atoms with van der Waals surface area (Å²) < 4.78 is 13.1. The van der Waals surface area contributed by atoms with E-state index in [1.807, 2.05) is 13.8 Å². The van der Waals surface area contributed by atoms with Gasteiger partial charge in [-0.15, -0.1) is 0 Å². The number of hydrogen-bond acceptors (Lipinski definition) is 5. The minimum absolute atomic E-state index is 0.0294. The van der Waals surface area contributed by atoms with Gasteiger partial charge in [-0.3, -0.25) is 4.79 Å². The Bertz CT molecular complexity index is 923. The molecule has 37 heavy (non-hydrogen) atoms. The maximum absolute atomic E-state index is 12.5. The van der Waals surface area contributed by atoms with Crippen molar-refractivity contribution >= 4 is 5.97 Å². The largest absolute Gasteiger partial charge is 0.462 e. The van der Waals surface area contributed by atoms with Gasteiger partial charge in [-0.2, -0.15) is 0 Å². The van der Waals surface area contributed by atoms with E-state index in [0.717, 1.165) is 51.4 Å². The summed E-state index contributed by atoms with van der Waals surface area (Å²) in [7, 11) is 0. The Labute approximate surface area is 225 Å². The summed E-state index contributed by atoms with van der Waals surface area (Å²) in [6.07, 6.45) is 8.65. The van der Waals surface area contributed by atoms with E-state index in [1.165, 1.54) is 6.42 Å². The molecule has 212 valence electrons. The molecular weight excluding hydrogens is 464 g/mol. The Morgan fingerprint density at radius 1 is 0.892 bits per heavy atom. The van der Waals surface area contributed by atoms with E-state index in [-0.39, 0.29) is 57.5 Å². The van der Waals surface area contributed by atoms with Crippen molar-refractivity contribution in [3.63, 3.8) is 0 Å². The lowest BCUT2D eigenvalue weighted by atomic mass is 9.35. The molecule has 5 nitrogen and oxygen atoms in total. The maximum Gasteiger partial charge on any atom is 0.302 e. The molecule has 0 aromatic rings. The van der Waals surface area contributed by atoms with Crippen LogP contribution in [0.4, 0.5) is 0 Å². The third-order valence-corrected chi connectivity index (χ3v) is 13.5. The normalized spacial score (nSPS) is 53.2. The Morgan fingerprint density at radius 2 is 1.54 bits per heavy atom. The molecular formula is C32H54O5. The summed E-state index contributed by atoms with van der Waals surface area (Å²) in [6.45, 7) is 19.7. The number of esters is 1. The zero-order valence-electron chi connectivity index (χ0n) is 25.0. The zero-order chi connectivity index (χ0) is 27.4. The zero-order valence-corrected chi connectivity index (χ0v) is 25.0. The number of carbonyl (C=O) groups excluding carboxylic acids is 1. The quantitative estimate of drug-likeness (QED) is 0.430. The van der Waals surface area contributed by atoms with Crippen LogP contribution in [0.3, 0.4) is 0 Å². The molecule has 0 bridgehead atoms. The number of hydrogen-bond donors (Lipinski definition) is 2. The van der Waals surface area contributed by atoms with Gasteiger partial charge in [0.15, 0.2) is 0 Å². The second kappa shape index (κ2) is 8.43. The average molecular weight is 519 g/mol. The molecule has 0 aromatic heterocycles. The third-order valence-electron chi connectivity index (χ3n) is 13.5. The van der Waals surface area contributed by atoms with E-state index in [1.54, 1.807) is 6.92 Å². The molecule has 1 saturated heterocycles. The van der Waals surface area contributed by atoms with Gasteiger partial charge in [0.1, 0.15) is 6.10 Å². The van der Waals surface area contributed by atoms with Gasteiger partial charge in [-0.25, -0.2) is 0 Å². The molecule has 5 rings (SSSR count). The lowest BCUT2D eigenvalue weighted by molar-refractivity contribution is -0.261. The van der Waals surface area contributed by atoms with Crippen molar-refractivity contribution in [3.8, 4) is 0 Å². The first-order valence-corrected chi connectivity index (χ1v) is 15.2. The maximum atomic E-state index is 12.5. The number of ether oxygens (including phenoxy) is 2. The highest BCUT2D eigenvalue weighted by Gasteiger charge is 2.72. The van der Waals surface area contributed by atoms with Crippen molar-refractivity contribution in [1.29, 1.82) is 0 Å². The smallest absolute Gasteiger partial charge is 0.302 e. The van der Waals surface area contributed by atoms with Crippen LogP contribution in [-0.4, -0.2) is 45.7 Å². The first-order chi connectivity index (χ1) is 16.9. The second-order valence-corrected chi connectivity index (χ2v) is 16.0. The lowest BCUT2D eigenvalue weighted by Crippen LogP contribution is -2.68. The summed E-state index contributed by atoms with van der Waals surface area (Å²) in [6, 6.07) is 0. The fraction of sp³-hybridized carbons (Fsp3) is 0.969. The Morgan fingerprint density at radius 3 is 2.14 bits per heavy atom. The molecule has 5 fully saturated rings. The number of fused-ring (bicyclic) bond motifs is 5. The molecule has 0 radical (unpaired) electrons. The van der Waals surface area contributed by atoms with Crippen LogP contribution in [0.5, 0.6) is 0 Å². The van der Waals surface area contributed by atoms with Crippen LogP contribution in [0.2, 0.25) is 0 Å². The molecule has 0 aromatic carbocycles. The number of aliphatic hydroxyl groups excluding tert-OH is 1. The summed E-state index contributed by atoms with van der Waals surface area (Å²) in [5.74, 6) is 1.36. The second-order valence-electron chi connectivity index (χ2n) is 16.0. The SMILES string of the molecule is CC(=O)O[C@@H]1C[C@@H]2[C@@H]([C@]3(C)CC[C@H](C(C)(C)O)O3)CC[C@@]2(C)[C@]2(C)CC[C@H]3C(C)(C)[C@H](O)CC[C@]3(C)[C@@H]12. The molecule has 4 aliphatic carbocycles. The molecule has 5 aliphatic rings. The van der Waals surface area contributed by atoms with Crippen LogP contribution in [0.15, 0.2) is 0 Å². The minimum atomic E-state index is -0.838. The predicted octanol–water partition coefficient (Wildman–Crippen LogP) is 6.28. The number of rotatable bonds is 3.